The van der Waals surface area contributed by atoms with Gasteiger partial charge < -0.3 is 64.8 Å². The van der Waals surface area contributed by atoms with Gasteiger partial charge in [0, 0.05) is 0 Å². The fourth-order valence-electron chi connectivity index (χ4n) is 7.66. The summed E-state index contributed by atoms with van der Waals surface area (Å²) in [6.45, 7) is 22.2. The van der Waals surface area contributed by atoms with E-state index in [1.807, 2.05) is 62.3 Å². The molecule has 0 rings (SSSR count). The van der Waals surface area contributed by atoms with Crippen LogP contribution in [0, 0.1) is 35.5 Å². The van der Waals surface area contributed by atoms with E-state index < -0.39 is 113 Å². The van der Waals surface area contributed by atoms with Gasteiger partial charge in [-0.1, -0.05) is 89.5 Å². The molecule has 0 aromatic heterocycles. The molecule has 0 saturated heterocycles. The number of carbonyl (C=O) groups excluding carboxylic acids is 8. The van der Waals surface area contributed by atoms with Crippen LogP contribution in [-0.4, -0.2) is 126 Å². The van der Waals surface area contributed by atoms with Crippen molar-refractivity contribution in [3.8, 4) is 0 Å². The molecular formula is C49H93N11O10. The Bertz CT molecular complexity index is 1660. The van der Waals surface area contributed by atoms with E-state index in [9.17, 15) is 48.3 Å². The number of amides is 8. The molecule has 0 aliphatic rings. The number of carboxylic acid groups (broad SMARTS) is 1. The van der Waals surface area contributed by atoms with Crippen LogP contribution in [0.4, 0.5) is 0 Å². The van der Waals surface area contributed by atoms with E-state index >= 15 is 0 Å². The van der Waals surface area contributed by atoms with E-state index in [1.165, 1.54) is 0 Å². The fourth-order valence-corrected chi connectivity index (χ4v) is 7.66. The highest BCUT2D eigenvalue weighted by Crippen LogP contribution is 2.16. The Balaban J connectivity index is 6.69. The van der Waals surface area contributed by atoms with Crippen molar-refractivity contribution in [2.45, 2.75) is 202 Å². The van der Waals surface area contributed by atoms with Crippen LogP contribution < -0.4 is 59.7 Å². The van der Waals surface area contributed by atoms with Crippen molar-refractivity contribution >= 4 is 53.2 Å². The van der Waals surface area contributed by atoms with Crippen LogP contribution in [0.3, 0.4) is 0 Å². The maximum absolute atomic E-state index is 14.3. The Labute approximate surface area is 417 Å². The summed E-state index contributed by atoms with van der Waals surface area (Å²) in [4.78, 5) is 122. The third-order valence-electron chi connectivity index (χ3n) is 11.7. The monoisotopic (exact) mass is 996 g/mol. The lowest BCUT2D eigenvalue weighted by molar-refractivity contribution is -0.143. The second kappa shape index (κ2) is 34.4. The minimum atomic E-state index is -1.22. The number of carboxylic acids is 1. The summed E-state index contributed by atoms with van der Waals surface area (Å²) in [7, 11) is 0. The van der Waals surface area contributed by atoms with Crippen LogP contribution in [0.15, 0.2) is 0 Å². The molecule has 0 radical (unpaired) electrons. The van der Waals surface area contributed by atoms with Crippen LogP contribution in [0.5, 0.6) is 0 Å². The van der Waals surface area contributed by atoms with Crippen molar-refractivity contribution in [1.29, 1.82) is 0 Å². The maximum atomic E-state index is 14.3. The van der Waals surface area contributed by atoms with Gasteiger partial charge in [-0.05, 0) is 113 Å². The van der Waals surface area contributed by atoms with Gasteiger partial charge in [0.25, 0.3) is 0 Å². The normalized spacial score (nSPS) is 15.4. The molecule has 0 aromatic rings. The topological polar surface area (TPSA) is 348 Å². The van der Waals surface area contributed by atoms with E-state index in [2.05, 4.69) is 42.5 Å². The molecule has 70 heavy (non-hydrogen) atoms. The third-order valence-corrected chi connectivity index (χ3v) is 11.7. The van der Waals surface area contributed by atoms with E-state index in [0.29, 0.717) is 45.2 Å². The first-order valence-electron chi connectivity index (χ1n) is 25.5. The molecule has 0 spiro atoms. The standard InChI is InChI=1S/C49H93N11O10/c1-13-32(12)41(60-43(63)34(19-15-17-21-51)54-44(64)35(22-27(2)3)53-39(61)26-52)48(68)58-38(25-30(8)9)47(67)57-37(24-29(6)7)46(66)56-36(23-28(4)5)45(65)55-33(18-14-16-20-50)42(62)59-40(31(10)11)49(69)70/h27-38,40-41H,13-26,50-52H2,1-12H3,(H,53,61)(H,54,64)(H,55,65)(H,56,66)(H,57,67)(H,58,68)(H,59,62)(H,60,63)(H,69,70)/t32-,33-,34-,35-,36-,37-,38-,40-,41-/m0/s1. The van der Waals surface area contributed by atoms with Gasteiger partial charge in [0.2, 0.25) is 47.3 Å². The Hall–Kier alpha value is -4.89. The lowest BCUT2D eigenvalue weighted by atomic mass is 9.95. The van der Waals surface area contributed by atoms with Gasteiger partial charge in [0.05, 0.1) is 6.54 Å². The molecule has 0 unspecified atom stereocenters. The Morgan fingerprint density at radius 1 is 0.400 bits per heavy atom. The molecule has 21 heteroatoms. The van der Waals surface area contributed by atoms with Crippen LogP contribution in [0.1, 0.15) is 154 Å². The lowest BCUT2D eigenvalue weighted by Gasteiger charge is -2.30. The second-order valence-electron chi connectivity index (χ2n) is 20.7. The number of hydrogen-bond donors (Lipinski definition) is 12. The van der Waals surface area contributed by atoms with Crippen molar-refractivity contribution in [2.75, 3.05) is 19.6 Å². The van der Waals surface area contributed by atoms with E-state index in [0.717, 1.165) is 0 Å². The van der Waals surface area contributed by atoms with Crippen molar-refractivity contribution in [2.24, 2.45) is 52.7 Å². The highest BCUT2D eigenvalue weighted by molar-refractivity contribution is 5.98. The average molecular weight is 996 g/mol. The Morgan fingerprint density at radius 3 is 0.986 bits per heavy atom. The van der Waals surface area contributed by atoms with Crippen LogP contribution in [0.25, 0.3) is 0 Å². The number of nitrogens with two attached hydrogens (primary N) is 3. The van der Waals surface area contributed by atoms with Gasteiger partial charge in [0.1, 0.15) is 48.3 Å². The summed E-state index contributed by atoms with van der Waals surface area (Å²) in [5.41, 5.74) is 16.9. The van der Waals surface area contributed by atoms with E-state index in [4.69, 9.17) is 17.2 Å². The smallest absolute Gasteiger partial charge is 0.326 e. The average Bonchev–Trinajstić information content (AvgIpc) is 3.26. The molecule has 0 aliphatic heterocycles. The molecular weight excluding hydrogens is 903 g/mol. The Morgan fingerprint density at radius 2 is 0.700 bits per heavy atom. The number of carbonyl (C=O) groups is 9. The summed E-state index contributed by atoms with van der Waals surface area (Å²) in [6.07, 6.45) is 3.61. The molecule has 15 N–H and O–H groups in total. The Kier molecular flexibility index (Phi) is 32.0. The minimum absolute atomic E-state index is 0.0133. The predicted octanol–water partition coefficient (Wildman–Crippen LogP) is 1.05. The van der Waals surface area contributed by atoms with E-state index in [-0.39, 0.29) is 68.7 Å². The number of hydrogen-bond acceptors (Lipinski definition) is 12. The predicted molar refractivity (Wildman–Crippen MR) is 270 cm³/mol. The quantitative estimate of drug-likeness (QED) is 0.0391. The summed E-state index contributed by atoms with van der Waals surface area (Å²) in [6, 6.07) is -9.00. The number of aliphatic carboxylic acids is 1. The third kappa shape index (κ3) is 25.8. The molecule has 0 saturated carbocycles. The molecule has 9 atom stereocenters. The molecule has 0 bridgehead atoms. The second-order valence-corrected chi connectivity index (χ2v) is 20.7. The van der Waals surface area contributed by atoms with Crippen molar-refractivity contribution in [1.82, 2.24) is 42.5 Å². The first-order valence-corrected chi connectivity index (χ1v) is 25.5. The molecule has 0 aliphatic carbocycles. The molecule has 8 amide bonds. The number of unbranched alkanes of at least 4 members (excludes halogenated alkanes) is 2. The van der Waals surface area contributed by atoms with E-state index in [1.54, 1.807) is 20.8 Å². The van der Waals surface area contributed by atoms with Crippen molar-refractivity contribution in [3.63, 3.8) is 0 Å². The molecule has 0 aromatic carbocycles. The molecule has 0 fully saturated rings. The first-order chi connectivity index (χ1) is 32.7. The maximum Gasteiger partial charge on any atom is 0.326 e. The molecule has 0 heterocycles. The number of rotatable bonds is 36. The zero-order valence-corrected chi connectivity index (χ0v) is 44.3. The first kappa shape index (κ1) is 65.1. The number of nitrogens with one attached hydrogen (secondary N) is 8. The largest absolute Gasteiger partial charge is 0.480 e. The highest BCUT2D eigenvalue weighted by Gasteiger charge is 2.36. The van der Waals surface area contributed by atoms with Gasteiger partial charge in [-0.3, -0.25) is 38.4 Å². The van der Waals surface area contributed by atoms with Gasteiger partial charge in [-0.2, -0.15) is 0 Å². The molecule has 21 nitrogen and oxygen atoms in total. The van der Waals surface area contributed by atoms with Crippen molar-refractivity contribution in [3.05, 3.63) is 0 Å². The van der Waals surface area contributed by atoms with Crippen LogP contribution in [0.2, 0.25) is 0 Å². The zero-order valence-electron chi connectivity index (χ0n) is 44.3. The van der Waals surface area contributed by atoms with Crippen molar-refractivity contribution < 1.29 is 48.3 Å². The summed E-state index contributed by atoms with van der Waals surface area (Å²) < 4.78 is 0. The molecule has 404 valence electrons. The van der Waals surface area contributed by atoms with Gasteiger partial charge in [0.15, 0.2) is 0 Å². The fraction of sp³-hybridized carbons (Fsp3) is 0.816. The van der Waals surface area contributed by atoms with Gasteiger partial charge in [-0.25, -0.2) is 4.79 Å². The van der Waals surface area contributed by atoms with Gasteiger partial charge in [-0.15, -0.1) is 0 Å². The lowest BCUT2D eigenvalue weighted by Crippen LogP contribution is -2.61. The van der Waals surface area contributed by atoms with Crippen LogP contribution in [-0.2, 0) is 43.2 Å². The summed E-state index contributed by atoms with van der Waals surface area (Å²) in [5, 5.41) is 31.6. The summed E-state index contributed by atoms with van der Waals surface area (Å²) in [5.74, 6) is -7.53. The summed E-state index contributed by atoms with van der Waals surface area (Å²) >= 11 is 0. The van der Waals surface area contributed by atoms with Crippen LogP contribution >= 0.6 is 0 Å². The van der Waals surface area contributed by atoms with Gasteiger partial charge >= 0.3 is 5.97 Å². The zero-order chi connectivity index (χ0) is 53.8. The highest BCUT2D eigenvalue weighted by atomic mass is 16.4. The minimum Gasteiger partial charge on any atom is -0.480 e. The SMILES string of the molecule is CC[C@H](C)[C@H](NC(=O)[C@H](CCCCN)NC(=O)[C@H](CC(C)C)NC(=O)CN)C(=O)N[C@@H](CC(C)C)C(=O)N[C@@H](CC(C)C)C(=O)N[C@@H](CC(C)C)C(=O)N[C@@H](CCCCN)C(=O)N[C@H](C(=O)O)C(C)C.